The number of piperidine rings is 1. The zero-order valence-corrected chi connectivity index (χ0v) is 14.0. The molecule has 2 saturated heterocycles. The summed E-state index contributed by atoms with van der Waals surface area (Å²) in [5, 5.41) is 3.21. The normalized spacial score (nSPS) is 21.8. The summed E-state index contributed by atoms with van der Waals surface area (Å²) in [6.07, 6.45) is 7.12. The summed E-state index contributed by atoms with van der Waals surface area (Å²) in [4.78, 5) is 14.7. The van der Waals surface area contributed by atoms with Gasteiger partial charge in [-0.2, -0.15) is 0 Å². The number of aryl methyl sites for hydroxylation is 1. The first kappa shape index (κ1) is 17.3. The minimum atomic E-state index is 0. The second kappa shape index (κ2) is 8.54. The van der Waals surface area contributed by atoms with Crippen molar-refractivity contribution in [3.63, 3.8) is 0 Å². The second-order valence-electron chi connectivity index (χ2n) is 6.41. The molecule has 1 aromatic rings. The van der Waals surface area contributed by atoms with Gasteiger partial charge in [-0.15, -0.1) is 12.4 Å². The van der Waals surface area contributed by atoms with Crippen LogP contribution >= 0.6 is 12.4 Å². The van der Waals surface area contributed by atoms with E-state index in [2.05, 4.69) is 40.5 Å². The fourth-order valence-corrected chi connectivity index (χ4v) is 3.48. The molecule has 2 aliphatic rings. The van der Waals surface area contributed by atoms with E-state index in [1.807, 2.05) is 0 Å². The molecule has 2 aliphatic heterocycles. The second-order valence-corrected chi connectivity index (χ2v) is 6.41. The molecular weight excluding hydrogens is 296 g/mol. The quantitative estimate of drug-likeness (QED) is 0.903. The number of hydrogen-bond donors (Lipinski definition) is 1. The molecule has 0 radical (unpaired) electrons. The lowest BCUT2D eigenvalue weighted by atomic mass is 9.93. The van der Waals surface area contributed by atoms with E-state index in [0.717, 1.165) is 32.5 Å². The third-order valence-corrected chi connectivity index (χ3v) is 4.89. The molecular formula is C18H27ClN2O. The Morgan fingerprint density at radius 2 is 1.95 bits per heavy atom. The van der Waals surface area contributed by atoms with Gasteiger partial charge < -0.3 is 10.2 Å². The molecule has 1 amide bonds. The van der Waals surface area contributed by atoms with Crippen LogP contribution in [0.3, 0.4) is 0 Å². The van der Waals surface area contributed by atoms with E-state index >= 15 is 0 Å². The maximum atomic E-state index is 12.5. The molecule has 3 nitrogen and oxygen atoms in total. The standard InChI is InChI=1S/C18H26N2O.ClH/c21-18(16-13-19-14-16)20-12-5-4-10-17(20)11-6-9-15-7-2-1-3-8-15;/h1-3,7-8,16-17,19H,4-6,9-14H2;1H. The first-order valence-electron chi connectivity index (χ1n) is 8.40. The number of nitrogens with zero attached hydrogens (tertiary/aromatic N) is 1. The third-order valence-electron chi connectivity index (χ3n) is 4.89. The Kier molecular flexibility index (Phi) is 6.71. The summed E-state index contributed by atoms with van der Waals surface area (Å²) in [6.45, 7) is 2.74. The van der Waals surface area contributed by atoms with Crippen LogP contribution in [-0.4, -0.2) is 36.5 Å². The van der Waals surface area contributed by atoms with Gasteiger partial charge in [-0.1, -0.05) is 30.3 Å². The molecule has 0 spiro atoms. The lowest BCUT2D eigenvalue weighted by molar-refractivity contribution is -0.141. The van der Waals surface area contributed by atoms with Crippen molar-refractivity contribution in [2.45, 2.75) is 44.6 Å². The number of likely N-dealkylation sites (tertiary alicyclic amines) is 1. The van der Waals surface area contributed by atoms with Crippen molar-refractivity contribution >= 4 is 18.3 Å². The molecule has 1 atom stereocenters. The average Bonchev–Trinajstić information content (AvgIpc) is 2.47. The lowest BCUT2D eigenvalue weighted by Crippen LogP contribution is -2.55. The SMILES string of the molecule is Cl.O=C(C1CNC1)N1CCCCC1CCCc1ccccc1. The summed E-state index contributed by atoms with van der Waals surface area (Å²) in [5.74, 6) is 0.651. The first-order valence-corrected chi connectivity index (χ1v) is 8.40. The van der Waals surface area contributed by atoms with Crippen LogP contribution in [0.2, 0.25) is 0 Å². The van der Waals surface area contributed by atoms with E-state index in [0.29, 0.717) is 11.9 Å². The van der Waals surface area contributed by atoms with Crippen LogP contribution in [0.5, 0.6) is 0 Å². The Morgan fingerprint density at radius 3 is 2.64 bits per heavy atom. The molecule has 2 heterocycles. The Labute approximate surface area is 139 Å². The van der Waals surface area contributed by atoms with E-state index in [4.69, 9.17) is 0 Å². The summed E-state index contributed by atoms with van der Waals surface area (Å²) < 4.78 is 0. The van der Waals surface area contributed by atoms with Crippen LogP contribution in [0, 0.1) is 5.92 Å². The van der Waals surface area contributed by atoms with Crippen molar-refractivity contribution in [1.82, 2.24) is 10.2 Å². The average molecular weight is 323 g/mol. The molecule has 122 valence electrons. The Hall–Kier alpha value is -1.06. The van der Waals surface area contributed by atoms with Crippen molar-refractivity contribution in [1.29, 1.82) is 0 Å². The van der Waals surface area contributed by atoms with Crippen molar-refractivity contribution in [3.05, 3.63) is 35.9 Å². The van der Waals surface area contributed by atoms with Gasteiger partial charge in [0.1, 0.15) is 0 Å². The highest BCUT2D eigenvalue weighted by atomic mass is 35.5. The van der Waals surface area contributed by atoms with Crippen LogP contribution in [0.25, 0.3) is 0 Å². The van der Waals surface area contributed by atoms with Gasteiger partial charge in [-0.05, 0) is 44.1 Å². The molecule has 0 saturated carbocycles. The van der Waals surface area contributed by atoms with E-state index < -0.39 is 0 Å². The van der Waals surface area contributed by atoms with Crippen LogP contribution < -0.4 is 5.32 Å². The number of amides is 1. The van der Waals surface area contributed by atoms with Crippen molar-refractivity contribution in [2.24, 2.45) is 5.92 Å². The van der Waals surface area contributed by atoms with Crippen LogP contribution in [0.15, 0.2) is 30.3 Å². The topological polar surface area (TPSA) is 32.3 Å². The molecule has 0 aliphatic carbocycles. The zero-order chi connectivity index (χ0) is 14.5. The summed E-state index contributed by atoms with van der Waals surface area (Å²) in [5.41, 5.74) is 1.41. The fourth-order valence-electron chi connectivity index (χ4n) is 3.48. The predicted octanol–water partition coefficient (Wildman–Crippen LogP) is 3.03. The Bertz CT molecular complexity index is 461. The zero-order valence-electron chi connectivity index (χ0n) is 13.2. The van der Waals surface area contributed by atoms with Gasteiger partial charge in [0.25, 0.3) is 0 Å². The van der Waals surface area contributed by atoms with E-state index in [1.54, 1.807) is 0 Å². The van der Waals surface area contributed by atoms with Gasteiger partial charge in [0.2, 0.25) is 5.91 Å². The number of halogens is 1. The van der Waals surface area contributed by atoms with Crippen LogP contribution in [-0.2, 0) is 11.2 Å². The van der Waals surface area contributed by atoms with Gasteiger partial charge in [-0.3, -0.25) is 4.79 Å². The number of hydrogen-bond acceptors (Lipinski definition) is 2. The number of benzene rings is 1. The molecule has 1 aromatic carbocycles. The minimum absolute atomic E-state index is 0. The van der Waals surface area contributed by atoms with Gasteiger partial charge in [-0.25, -0.2) is 0 Å². The molecule has 0 aromatic heterocycles. The Morgan fingerprint density at radius 1 is 1.18 bits per heavy atom. The molecule has 3 rings (SSSR count). The largest absolute Gasteiger partial charge is 0.339 e. The number of carbonyl (C=O) groups excluding carboxylic acids is 1. The summed E-state index contributed by atoms with van der Waals surface area (Å²) in [7, 11) is 0. The highest BCUT2D eigenvalue weighted by Gasteiger charge is 2.33. The van der Waals surface area contributed by atoms with Crippen LogP contribution in [0.1, 0.15) is 37.7 Å². The van der Waals surface area contributed by atoms with Crippen molar-refractivity contribution in [2.75, 3.05) is 19.6 Å². The molecule has 1 N–H and O–H groups in total. The van der Waals surface area contributed by atoms with E-state index in [1.165, 1.54) is 31.2 Å². The summed E-state index contributed by atoms with van der Waals surface area (Å²) >= 11 is 0. The van der Waals surface area contributed by atoms with Crippen molar-refractivity contribution < 1.29 is 4.79 Å². The monoisotopic (exact) mass is 322 g/mol. The molecule has 2 fully saturated rings. The fraction of sp³-hybridized carbons (Fsp3) is 0.611. The van der Waals surface area contributed by atoms with Gasteiger partial charge >= 0.3 is 0 Å². The molecule has 0 bridgehead atoms. The summed E-state index contributed by atoms with van der Waals surface area (Å²) in [6, 6.07) is 11.2. The number of carbonyl (C=O) groups is 1. The third kappa shape index (κ3) is 4.23. The predicted molar refractivity (Wildman–Crippen MR) is 92.3 cm³/mol. The van der Waals surface area contributed by atoms with Crippen LogP contribution in [0.4, 0.5) is 0 Å². The highest BCUT2D eigenvalue weighted by molar-refractivity contribution is 5.85. The number of rotatable bonds is 5. The minimum Gasteiger partial charge on any atom is -0.339 e. The first-order chi connectivity index (χ1) is 10.3. The van der Waals surface area contributed by atoms with E-state index in [-0.39, 0.29) is 18.3 Å². The van der Waals surface area contributed by atoms with Crippen molar-refractivity contribution in [3.8, 4) is 0 Å². The van der Waals surface area contributed by atoms with E-state index in [9.17, 15) is 4.79 Å². The maximum Gasteiger partial charge on any atom is 0.228 e. The molecule has 1 unspecified atom stereocenters. The Balaban J connectivity index is 0.00000176. The number of nitrogens with one attached hydrogen (secondary N) is 1. The smallest absolute Gasteiger partial charge is 0.228 e. The van der Waals surface area contributed by atoms with Gasteiger partial charge in [0.15, 0.2) is 0 Å². The maximum absolute atomic E-state index is 12.5. The molecule has 22 heavy (non-hydrogen) atoms. The lowest BCUT2D eigenvalue weighted by Gasteiger charge is -2.40. The van der Waals surface area contributed by atoms with Gasteiger partial charge in [0.05, 0.1) is 5.92 Å². The highest BCUT2D eigenvalue weighted by Crippen LogP contribution is 2.24. The van der Waals surface area contributed by atoms with Gasteiger partial charge in [0, 0.05) is 25.7 Å². The molecule has 4 heteroatoms.